The van der Waals surface area contributed by atoms with E-state index in [1.54, 1.807) is 4.90 Å². The molecule has 0 bridgehead atoms. The largest absolute Gasteiger partial charge is 0.325 e. The molecule has 1 fully saturated rings. The summed E-state index contributed by atoms with van der Waals surface area (Å²) < 4.78 is 1.90. The molecule has 0 saturated carbocycles. The maximum atomic E-state index is 12.8. The lowest BCUT2D eigenvalue weighted by Crippen LogP contribution is -2.43. The van der Waals surface area contributed by atoms with Crippen LogP contribution in [0.5, 0.6) is 0 Å². The zero-order chi connectivity index (χ0) is 18.6. The number of hydrogen-bond acceptors (Lipinski definition) is 4. The number of hydrogen-bond donors (Lipinski definition) is 1. The van der Waals surface area contributed by atoms with E-state index in [9.17, 15) is 4.79 Å². The van der Waals surface area contributed by atoms with E-state index in [2.05, 4.69) is 47.8 Å². The number of likely N-dealkylation sites (tertiary alicyclic amines) is 1. The second kappa shape index (κ2) is 5.58. The molecule has 2 aliphatic heterocycles. The van der Waals surface area contributed by atoms with Crippen LogP contribution in [0.15, 0.2) is 42.6 Å². The van der Waals surface area contributed by atoms with Gasteiger partial charge in [-0.15, -0.1) is 0 Å². The van der Waals surface area contributed by atoms with Crippen LogP contribution in [0.2, 0.25) is 0 Å². The fourth-order valence-corrected chi connectivity index (χ4v) is 4.31. The summed E-state index contributed by atoms with van der Waals surface area (Å²) in [5.74, 6) is 0.0193. The van der Waals surface area contributed by atoms with E-state index >= 15 is 0 Å². The molecule has 1 N–H and O–H groups in total. The summed E-state index contributed by atoms with van der Waals surface area (Å²) >= 11 is 0. The number of rotatable bonds is 1. The van der Waals surface area contributed by atoms with E-state index in [1.165, 1.54) is 5.56 Å². The summed E-state index contributed by atoms with van der Waals surface area (Å²) in [7, 11) is 0. The Hall–Kier alpha value is -3.33. The maximum absolute atomic E-state index is 12.8. The normalized spacial score (nSPS) is 21.3. The number of amides is 1. The lowest BCUT2D eigenvalue weighted by molar-refractivity contribution is -0.125. The van der Waals surface area contributed by atoms with Gasteiger partial charge in [-0.2, -0.15) is 10.4 Å². The molecule has 0 unspecified atom stereocenters. The molecular formula is C21H19N5O. The highest BCUT2D eigenvalue weighted by Crippen LogP contribution is 2.41. The summed E-state index contributed by atoms with van der Waals surface area (Å²) in [5, 5.41) is 17.8. The molecule has 3 aromatic rings. The van der Waals surface area contributed by atoms with Gasteiger partial charge in [-0.25, -0.2) is 4.68 Å². The topological polar surface area (TPSA) is 74.0 Å². The molecule has 1 spiro atoms. The van der Waals surface area contributed by atoms with Crippen LogP contribution >= 0.6 is 0 Å². The van der Waals surface area contributed by atoms with E-state index in [0.29, 0.717) is 19.5 Å². The first kappa shape index (κ1) is 15.9. The number of aryl methyl sites for hydroxylation is 1. The van der Waals surface area contributed by atoms with Crippen LogP contribution in [0.4, 0.5) is 5.69 Å². The van der Waals surface area contributed by atoms with Gasteiger partial charge < -0.3 is 10.2 Å². The lowest BCUT2D eigenvalue weighted by Gasteiger charge is -2.33. The van der Waals surface area contributed by atoms with Gasteiger partial charge >= 0.3 is 0 Å². The monoisotopic (exact) mass is 357 g/mol. The van der Waals surface area contributed by atoms with Crippen LogP contribution in [-0.4, -0.2) is 33.7 Å². The number of aromatic nitrogens is 2. The Morgan fingerprint density at radius 3 is 2.96 bits per heavy atom. The minimum atomic E-state index is -0.486. The summed E-state index contributed by atoms with van der Waals surface area (Å²) in [6.07, 6.45) is 5.43. The second-order valence-electron chi connectivity index (χ2n) is 7.64. The molecule has 0 aliphatic carbocycles. The van der Waals surface area contributed by atoms with E-state index in [1.807, 2.05) is 23.0 Å². The smallest absolute Gasteiger partial charge is 0.232 e. The Bertz CT molecular complexity index is 1130. The van der Waals surface area contributed by atoms with Crippen molar-refractivity contribution < 1.29 is 4.79 Å². The number of carbonyl (C=O) groups excluding carboxylic acids is 1. The Balaban J connectivity index is 1.52. The first-order valence-corrected chi connectivity index (χ1v) is 9.12. The molecule has 1 atom stereocenters. The van der Waals surface area contributed by atoms with Crippen LogP contribution in [-0.2, 0) is 11.2 Å². The van der Waals surface area contributed by atoms with Gasteiger partial charge in [0.25, 0.3) is 0 Å². The first-order valence-electron chi connectivity index (χ1n) is 9.12. The van der Waals surface area contributed by atoms with Crippen molar-refractivity contribution in [3.8, 4) is 11.9 Å². The quantitative estimate of drug-likeness (QED) is 0.680. The number of nitrogens with one attached hydrogen (secondary N) is 1. The van der Waals surface area contributed by atoms with E-state index < -0.39 is 5.41 Å². The van der Waals surface area contributed by atoms with E-state index in [4.69, 9.17) is 5.26 Å². The highest BCUT2D eigenvalue weighted by atomic mass is 16.2. The molecule has 3 heterocycles. The van der Waals surface area contributed by atoms with Gasteiger partial charge in [-0.05, 0) is 49.6 Å². The highest BCUT2D eigenvalue weighted by molar-refractivity contribution is 5.99. The third-order valence-electron chi connectivity index (χ3n) is 5.82. The summed E-state index contributed by atoms with van der Waals surface area (Å²) in [6.45, 7) is 3.22. The molecule has 27 heavy (non-hydrogen) atoms. The molecule has 1 aromatic heterocycles. The van der Waals surface area contributed by atoms with Gasteiger partial charge in [0.1, 0.15) is 0 Å². The Kier molecular flexibility index (Phi) is 3.28. The van der Waals surface area contributed by atoms with Crippen molar-refractivity contribution >= 4 is 22.5 Å². The Morgan fingerprint density at radius 1 is 1.26 bits per heavy atom. The van der Waals surface area contributed by atoms with Crippen LogP contribution in [0.25, 0.3) is 16.6 Å². The standard InChI is InChI=1S/C21H19N5O/c1-14-2-5-19-16(8-14)11-23-26(19)17-4-3-15-10-21(6-7-25(12-21)13-22)20(27)24-18(15)9-17/h2-5,8-9,11H,6-7,10,12H2,1H3,(H,24,27)/t21-/m0/s1. The van der Waals surface area contributed by atoms with Crippen molar-refractivity contribution in [2.75, 3.05) is 18.4 Å². The highest BCUT2D eigenvalue weighted by Gasteiger charge is 2.47. The number of nitriles is 1. The SMILES string of the molecule is Cc1ccc2c(cnn2-c2ccc3c(c2)NC(=O)[C@@]2(CCN(C#N)C2)C3)c1. The molecule has 1 saturated heterocycles. The molecule has 6 nitrogen and oxygen atoms in total. The molecule has 1 amide bonds. The maximum Gasteiger partial charge on any atom is 0.232 e. The lowest BCUT2D eigenvalue weighted by atomic mass is 9.77. The van der Waals surface area contributed by atoms with Gasteiger partial charge in [-0.1, -0.05) is 17.7 Å². The van der Waals surface area contributed by atoms with Crippen molar-refractivity contribution in [2.24, 2.45) is 5.41 Å². The van der Waals surface area contributed by atoms with Crippen molar-refractivity contribution in [3.05, 3.63) is 53.7 Å². The number of nitrogens with zero attached hydrogens (tertiary/aromatic N) is 4. The van der Waals surface area contributed by atoms with Crippen molar-refractivity contribution in [2.45, 2.75) is 19.8 Å². The third-order valence-corrected chi connectivity index (χ3v) is 5.82. The first-order chi connectivity index (χ1) is 13.1. The van der Waals surface area contributed by atoms with Gasteiger partial charge in [0.2, 0.25) is 5.91 Å². The molecule has 0 radical (unpaired) electrons. The van der Waals surface area contributed by atoms with Crippen LogP contribution in [0.1, 0.15) is 17.5 Å². The van der Waals surface area contributed by atoms with Crippen LogP contribution in [0.3, 0.4) is 0 Å². The molecule has 2 aliphatic rings. The number of benzene rings is 2. The summed E-state index contributed by atoms with van der Waals surface area (Å²) in [4.78, 5) is 14.5. The minimum absolute atomic E-state index is 0.0193. The average molecular weight is 357 g/mol. The predicted molar refractivity (Wildman–Crippen MR) is 102 cm³/mol. The van der Waals surface area contributed by atoms with Gasteiger partial charge in [0, 0.05) is 24.2 Å². The van der Waals surface area contributed by atoms with Crippen molar-refractivity contribution in [1.82, 2.24) is 14.7 Å². The van der Waals surface area contributed by atoms with E-state index in [-0.39, 0.29) is 5.91 Å². The molecule has 6 heteroatoms. The molecule has 5 rings (SSSR count). The van der Waals surface area contributed by atoms with Crippen LogP contribution in [0, 0.1) is 23.8 Å². The van der Waals surface area contributed by atoms with E-state index in [0.717, 1.165) is 34.3 Å². The predicted octanol–water partition coefficient (Wildman–Crippen LogP) is 3.00. The van der Waals surface area contributed by atoms with Gasteiger partial charge in [0.15, 0.2) is 6.19 Å². The summed E-state index contributed by atoms with van der Waals surface area (Å²) in [6, 6.07) is 12.4. The number of carbonyl (C=O) groups is 1. The van der Waals surface area contributed by atoms with Crippen molar-refractivity contribution in [3.63, 3.8) is 0 Å². The molecule has 134 valence electrons. The van der Waals surface area contributed by atoms with Crippen LogP contribution < -0.4 is 5.32 Å². The van der Waals surface area contributed by atoms with Crippen molar-refractivity contribution in [1.29, 1.82) is 5.26 Å². The molecular weight excluding hydrogens is 338 g/mol. The Labute approximate surface area is 157 Å². The minimum Gasteiger partial charge on any atom is -0.325 e. The fourth-order valence-electron chi connectivity index (χ4n) is 4.31. The zero-order valence-electron chi connectivity index (χ0n) is 15.1. The number of anilines is 1. The zero-order valence-corrected chi connectivity index (χ0v) is 15.1. The molecule has 2 aromatic carbocycles. The van der Waals surface area contributed by atoms with Gasteiger partial charge in [0.05, 0.1) is 22.8 Å². The summed E-state index contributed by atoms with van der Waals surface area (Å²) in [5.41, 5.74) is 4.64. The third kappa shape index (κ3) is 2.39. The van der Waals surface area contributed by atoms with Gasteiger partial charge in [-0.3, -0.25) is 4.79 Å². The number of fused-ring (bicyclic) bond motifs is 2. The fraction of sp³-hybridized carbons (Fsp3) is 0.286. The average Bonchev–Trinajstić information content (AvgIpc) is 3.27. The second-order valence-corrected chi connectivity index (χ2v) is 7.64. The Morgan fingerprint density at radius 2 is 2.15 bits per heavy atom.